The third-order valence-electron chi connectivity index (χ3n) is 6.84. The molecule has 0 atom stereocenters. The van der Waals surface area contributed by atoms with Crippen molar-refractivity contribution in [1.82, 2.24) is 20.2 Å². The number of ether oxygens (including phenoxy) is 3. The van der Waals surface area contributed by atoms with Crippen molar-refractivity contribution in [2.45, 2.75) is 13.3 Å². The van der Waals surface area contributed by atoms with Crippen molar-refractivity contribution >= 4 is 35.3 Å². The Morgan fingerprint density at radius 1 is 0.854 bits per heavy atom. The third-order valence-corrected chi connectivity index (χ3v) is 6.84. The van der Waals surface area contributed by atoms with Gasteiger partial charge in [0.2, 0.25) is 0 Å². The summed E-state index contributed by atoms with van der Waals surface area (Å²) >= 11 is 0. The maximum Gasteiger partial charge on any atom is 0.323 e. The minimum atomic E-state index is -0.817. The molecule has 0 saturated carbocycles. The summed E-state index contributed by atoms with van der Waals surface area (Å²) in [6.45, 7) is 2.18. The second-order valence-electron chi connectivity index (χ2n) is 10.5. The summed E-state index contributed by atoms with van der Waals surface area (Å²) in [4.78, 5) is 57.2. The monoisotopic (exact) mass is 664 g/mol. The number of anilines is 2. The molecule has 2 heterocycles. The van der Waals surface area contributed by atoms with Gasteiger partial charge in [-0.25, -0.2) is 13.6 Å². The molecule has 48 heavy (non-hydrogen) atoms. The zero-order valence-electron chi connectivity index (χ0n) is 26.4. The van der Waals surface area contributed by atoms with Crippen LogP contribution in [-0.2, 0) is 19.1 Å². The van der Waals surface area contributed by atoms with Crippen molar-refractivity contribution in [2.24, 2.45) is 0 Å². The van der Waals surface area contributed by atoms with Gasteiger partial charge in [0.15, 0.2) is 0 Å². The molecule has 0 fully saturated rings. The van der Waals surface area contributed by atoms with Crippen LogP contribution in [-0.4, -0.2) is 79.1 Å². The van der Waals surface area contributed by atoms with Gasteiger partial charge in [-0.15, -0.1) is 0 Å². The molecule has 4 rings (SSSR count). The topological polar surface area (TPSA) is 164 Å². The number of aromatic amines is 1. The van der Waals surface area contributed by atoms with Crippen LogP contribution in [0.1, 0.15) is 22.3 Å². The van der Waals surface area contributed by atoms with Gasteiger partial charge in [-0.3, -0.25) is 24.3 Å². The first-order chi connectivity index (χ1) is 23.0. The number of benzene rings is 2. The molecule has 0 saturated heterocycles. The van der Waals surface area contributed by atoms with Crippen molar-refractivity contribution in [3.05, 3.63) is 89.8 Å². The van der Waals surface area contributed by atoms with Crippen LogP contribution in [0, 0.1) is 18.6 Å². The number of methoxy groups -OCH3 is 2. The lowest BCUT2D eigenvalue weighted by Crippen LogP contribution is -2.37. The Morgan fingerprint density at radius 3 is 2.27 bits per heavy atom. The molecule has 0 bridgehead atoms. The Bertz CT molecular complexity index is 1760. The van der Waals surface area contributed by atoms with E-state index in [0.29, 0.717) is 35.7 Å². The van der Waals surface area contributed by atoms with Gasteiger partial charge >= 0.3 is 18.0 Å². The van der Waals surface area contributed by atoms with E-state index in [1.54, 1.807) is 36.1 Å². The molecule has 0 spiro atoms. The Morgan fingerprint density at radius 2 is 1.56 bits per heavy atom. The summed E-state index contributed by atoms with van der Waals surface area (Å²) in [5, 5.41) is 7.49. The largest absolute Gasteiger partial charge is 0.468 e. The number of amides is 3. The average Bonchev–Trinajstić information content (AvgIpc) is 3.57. The first-order valence-electron chi connectivity index (χ1n) is 14.6. The lowest BCUT2D eigenvalue weighted by Gasteiger charge is -2.19. The number of H-pyrrole nitrogens is 1. The number of halogens is 2. The molecule has 15 heteroatoms. The number of carbonyl (C=O) groups is 4. The molecule has 0 aliphatic carbocycles. The van der Waals surface area contributed by atoms with E-state index in [2.05, 4.69) is 35.4 Å². The van der Waals surface area contributed by atoms with Crippen molar-refractivity contribution in [2.75, 3.05) is 51.0 Å². The third kappa shape index (κ3) is 10.1. The van der Waals surface area contributed by atoms with Crippen LogP contribution in [0.5, 0.6) is 11.5 Å². The van der Waals surface area contributed by atoms with Crippen molar-refractivity contribution < 1.29 is 42.2 Å². The molecule has 13 nitrogen and oxygen atoms in total. The predicted octanol–water partition coefficient (Wildman–Crippen LogP) is 4.87. The molecule has 3 amide bonds. The highest BCUT2D eigenvalue weighted by Crippen LogP contribution is 2.28. The van der Waals surface area contributed by atoms with Gasteiger partial charge in [0.05, 0.1) is 55.6 Å². The van der Waals surface area contributed by atoms with Crippen LogP contribution in [0.2, 0.25) is 0 Å². The van der Waals surface area contributed by atoms with Gasteiger partial charge in [0.1, 0.15) is 23.1 Å². The summed E-state index contributed by atoms with van der Waals surface area (Å²) < 4.78 is 43.9. The molecule has 252 valence electrons. The number of rotatable bonds is 14. The molecule has 2 aromatic heterocycles. The second kappa shape index (κ2) is 16.6. The van der Waals surface area contributed by atoms with Gasteiger partial charge < -0.3 is 35.1 Å². The van der Waals surface area contributed by atoms with Crippen LogP contribution < -0.4 is 20.7 Å². The quantitative estimate of drug-likeness (QED) is 0.109. The predicted molar refractivity (Wildman–Crippen MR) is 172 cm³/mol. The second-order valence-corrected chi connectivity index (χ2v) is 10.5. The van der Waals surface area contributed by atoms with Crippen LogP contribution >= 0.6 is 0 Å². The molecule has 0 unspecified atom stereocenters. The minimum absolute atomic E-state index is 0.0367. The van der Waals surface area contributed by atoms with Crippen LogP contribution in [0.25, 0.3) is 11.4 Å². The Labute approximate surface area is 274 Å². The Kier molecular flexibility index (Phi) is 12.2. The van der Waals surface area contributed by atoms with E-state index in [-0.39, 0.29) is 42.7 Å². The normalized spacial score (nSPS) is 10.7. The summed E-state index contributed by atoms with van der Waals surface area (Å²) in [5.74, 6) is -2.27. The molecule has 0 aliphatic rings. The van der Waals surface area contributed by atoms with Gasteiger partial charge in [-0.1, -0.05) is 6.07 Å². The standard InChI is InChI=1S/C33H34F2N6O7/c1-20-5-7-24(34)27(13-20)40-33(45)39-26-8-6-22(15-25(26)35)48-23-9-11-36-29(16-23)28-14-21(17-38-28)32(44)37-10-4-12-41(18-30(42)46-2)19-31(43)47-3/h5-9,11,13-17,38H,4,10,12,18-19H2,1-3H3,(H,37,44)(H2,39,40,45). The summed E-state index contributed by atoms with van der Waals surface area (Å²) in [6.07, 6.45) is 3.46. The minimum Gasteiger partial charge on any atom is -0.468 e. The average molecular weight is 665 g/mol. The highest BCUT2D eigenvalue weighted by atomic mass is 19.1. The number of nitrogens with one attached hydrogen (secondary N) is 4. The van der Waals surface area contributed by atoms with Crippen LogP contribution in [0.4, 0.5) is 25.0 Å². The number of hydrogen-bond acceptors (Lipinski definition) is 9. The highest BCUT2D eigenvalue weighted by Gasteiger charge is 2.16. The first kappa shape index (κ1) is 35.0. The maximum atomic E-state index is 14.8. The number of urea groups is 1. The number of aryl methyl sites for hydroxylation is 1. The van der Waals surface area contributed by atoms with Crippen LogP contribution in [0.3, 0.4) is 0 Å². The fraction of sp³-hybridized carbons (Fsp3) is 0.242. The van der Waals surface area contributed by atoms with Gasteiger partial charge in [0, 0.05) is 37.6 Å². The van der Waals surface area contributed by atoms with E-state index in [1.807, 2.05) is 0 Å². The molecular formula is C33H34F2N6O7. The first-order valence-corrected chi connectivity index (χ1v) is 14.6. The Hall–Kier alpha value is -5.83. The number of carbonyl (C=O) groups excluding carboxylic acids is 4. The lowest BCUT2D eigenvalue weighted by atomic mass is 10.2. The van der Waals surface area contributed by atoms with E-state index >= 15 is 0 Å². The Balaban J connectivity index is 1.31. The molecular weight excluding hydrogens is 630 g/mol. The summed E-state index contributed by atoms with van der Waals surface area (Å²) in [6, 6.07) is 12.0. The maximum absolute atomic E-state index is 14.8. The zero-order valence-corrected chi connectivity index (χ0v) is 26.4. The van der Waals surface area contributed by atoms with Gasteiger partial charge in [-0.05, 0) is 55.3 Å². The van der Waals surface area contributed by atoms with E-state index in [4.69, 9.17) is 4.74 Å². The number of nitrogens with zero attached hydrogens (tertiary/aromatic N) is 2. The fourth-order valence-corrected chi connectivity index (χ4v) is 4.42. The molecule has 4 N–H and O–H groups in total. The highest BCUT2D eigenvalue weighted by molar-refractivity contribution is 6.00. The number of aromatic nitrogens is 2. The smallest absolute Gasteiger partial charge is 0.323 e. The fourth-order valence-electron chi connectivity index (χ4n) is 4.42. The van der Waals surface area contributed by atoms with E-state index < -0.39 is 29.6 Å². The zero-order chi connectivity index (χ0) is 34.6. The summed E-state index contributed by atoms with van der Waals surface area (Å²) in [7, 11) is 2.51. The number of esters is 2. The molecule has 4 aromatic rings. The van der Waals surface area contributed by atoms with Gasteiger partial charge in [-0.2, -0.15) is 0 Å². The van der Waals surface area contributed by atoms with Crippen molar-refractivity contribution in [1.29, 1.82) is 0 Å². The molecule has 0 radical (unpaired) electrons. The lowest BCUT2D eigenvalue weighted by molar-refractivity contribution is -0.145. The number of pyridine rings is 1. The SMILES string of the molecule is COC(=O)CN(CCCNC(=O)c1c[nH]c(-c2cc(Oc3ccc(NC(=O)Nc4cc(C)ccc4F)c(F)c3)ccn2)c1)CC(=O)OC. The molecule has 2 aromatic carbocycles. The van der Waals surface area contributed by atoms with Gasteiger partial charge in [0.25, 0.3) is 5.91 Å². The number of hydrogen-bond donors (Lipinski definition) is 4. The van der Waals surface area contributed by atoms with Crippen LogP contribution in [0.15, 0.2) is 67.0 Å². The van der Waals surface area contributed by atoms with Crippen molar-refractivity contribution in [3.8, 4) is 22.9 Å². The summed E-state index contributed by atoms with van der Waals surface area (Å²) in [5.41, 5.74) is 1.88. The van der Waals surface area contributed by atoms with E-state index in [0.717, 1.165) is 11.6 Å². The van der Waals surface area contributed by atoms with Crippen molar-refractivity contribution in [3.63, 3.8) is 0 Å². The van der Waals surface area contributed by atoms with E-state index in [9.17, 15) is 28.0 Å². The molecule has 0 aliphatic heterocycles. The van der Waals surface area contributed by atoms with E-state index in [1.165, 1.54) is 50.9 Å².